The van der Waals surface area contributed by atoms with Crippen LogP contribution in [-0.2, 0) is 4.79 Å². The standard InChI is InChI=1S/C17H14FN5O2/c1-9(18)16(24)21-11-5-3-4-10(6-11)13-7-12-14(8-20-13)22-23-15(12)17(25)19-2/h3-8H,1H2,2H3,(H,19,25)(H,21,24)(H,22,23). The summed E-state index contributed by atoms with van der Waals surface area (Å²) in [6.07, 6.45) is 1.57. The largest absolute Gasteiger partial charge is 0.354 e. The first-order valence-electron chi connectivity index (χ1n) is 7.32. The molecule has 25 heavy (non-hydrogen) atoms. The quantitative estimate of drug-likeness (QED) is 0.636. The van der Waals surface area contributed by atoms with Gasteiger partial charge in [0.2, 0.25) is 0 Å². The van der Waals surface area contributed by atoms with Gasteiger partial charge in [-0.2, -0.15) is 5.10 Å². The number of anilines is 1. The highest BCUT2D eigenvalue weighted by atomic mass is 19.1. The molecule has 3 aromatic rings. The highest BCUT2D eigenvalue weighted by Gasteiger charge is 2.14. The number of H-pyrrole nitrogens is 1. The molecular weight excluding hydrogens is 325 g/mol. The molecule has 0 aliphatic rings. The highest BCUT2D eigenvalue weighted by molar-refractivity contribution is 6.05. The monoisotopic (exact) mass is 339 g/mol. The Balaban J connectivity index is 2.00. The first-order chi connectivity index (χ1) is 12.0. The Bertz CT molecular complexity index is 996. The topological polar surface area (TPSA) is 99.8 Å². The molecule has 126 valence electrons. The van der Waals surface area contributed by atoms with Gasteiger partial charge in [-0.15, -0.1) is 0 Å². The minimum atomic E-state index is -1.07. The number of nitrogens with zero attached hydrogens (tertiary/aromatic N) is 2. The normalized spacial score (nSPS) is 10.5. The maximum absolute atomic E-state index is 12.8. The lowest BCUT2D eigenvalue weighted by Crippen LogP contribution is -2.18. The van der Waals surface area contributed by atoms with Crippen LogP contribution in [0.2, 0.25) is 0 Å². The third-order valence-electron chi connectivity index (χ3n) is 3.55. The molecule has 0 fully saturated rings. The molecule has 3 N–H and O–H groups in total. The second-order valence-corrected chi connectivity index (χ2v) is 5.21. The molecule has 0 radical (unpaired) electrons. The summed E-state index contributed by atoms with van der Waals surface area (Å²) in [4.78, 5) is 27.6. The lowest BCUT2D eigenvalue weighted by atomic mass is 10.1. The molecule has 0 bridgehead atoms. The fraction of sp³-hybridized carbons (Fsp3) is 0.0588. The van der Waals surface area contributed by atoms with Gasteiger partial charge in [0.25, 0.3) is 11.8 Å². The van der Waals surface area contributed by atoms with Crippen molar-refractivity contribution in [2.24, 2.45) is 0 Å². The lowest BCUT2D eigenvalue weighted by molar-refractivity contribution is -0.114. The third-order valence-corrected chi connectivity index (χ3v) is 3.55. The Hall–Kier alpha value is -3.55. The van der Waals surface area contributed by atoms with Crippen molar-refractivity contribution < 1.29 is 14.0 Å². The Morgan fingerprint density at radius 2 is 2.08 bits per heavy atom. The summed E-state index contributed by atoms with van der Waals surface area (Å²) in [6.45, 7) is 2.95. The molecule has 3 rings (SSSR count). The molecular formula is C17H14FN5O2. The van der Waals surface area contributed by atoms with Crippen LogP contribution in [0.4, 0.5) is 10.1 Å². The Labute approximate surface area is 142 Å². The molecule has 0 saturated heterocycles. The van der Waals surface area contributed by atoms with Gasteiger partial charge in [0, 0.05) is 23.7 Å². The van der Waals surface area contributed by atoms with Crippen molar-refractivity contribution in [2.45, 2.75) is 0 Å². The van der Waals surface area contributed by atoms with E-state index in [-0.39, 0.29) is 11.6 Å². The van der Waals surface area contributed by atoms with Gasteiger partial charge in [-0.3, -0.25) is 19.7 Å². The van der Waals surface area contributed by atoms with Crippen molar-refractivity contribution in [3.05, 3.63) is 54.6 Å². The maximum Gasteiger partial charge on any atom is 0.283 e. The van der Waals surface area contributed by atoms with Crippen molar-refractivity contribution in [1.82, 2.24) is 20.5 Å². The first-order valence-corrected chi connectivity index (χ1v) is 7.32. The number of carbonyl (C=O) groups is 2. The van der Waals surface area contributed by atoms with Gasteiger partial charge in [-0.25, -0.2) is 4.39 Å². The van der Waals surface area contributed by atoms with Crippen LogP contribution in [0, 0.1) is 0 Å². The van der Waals surface area contributed by atoms with Crippen LogP contribution in [0.3, 0.4) is 0 Å². The van der Waals surface area contributed by atoms with Gasteiger partial charge in [0.05, 0.1) is 17.4 Å². The van der Waals surface area contributed by atoms with Crippen molar-refractivity contribution in [2.75, 3.05) is 12.4 Å². The maximum atomic E-state index is 12.8. The number of hydrogen-bond donors (Lipinski definition) is 3. The number of carbonyl (C=O) groups excluding carboxylic acids is 2. The Morgan fingerprint density at radius 3 is 2.80 bits per heavy atom. The molecule has 2 amide bonds. The van der Waals surface area contributed by atoms with Gasteiger partial charge in [0.1, 0.15) is 0 Å². The number of fused-ring (bicyclic) bond motifs is 1. The molecule has 0 atom stereocenters. The van der Waals surface area contributed by atoms with Crippen molar-refractivity contribution in [3.63, 3.8) is 0 Å². The fourth-order valence-electron chi connectivity index (χ4n) is 2.32. The van der Waals surface area contributed by atoms with Crippen molar-refractivity contribution in [1.29, 1.82) is 0 Å². The number of amides is 2. The average molecular weight is 339 g/mol. The second kappa shape index (κ2) is 6.52. The summed E-state index contributed by atoms with van der Waals surface area (Å²) in [5, 5.41) is 12.3. The number of aromatic amines is 1. The molecule has 0 unspecified atom stereocenters. The molecule has 0 spiro atoms. The Kier molecular flexibility index (Phi) is 4.25. The minimum absolute atomic E-state index is 0.263. The van der Waals surface area contributed by atoms with Crippen LogP contribution in [0.25, 0.3) is 22.2 Å². The SMILES string of the molecule is C=C(F)C(=O)Nc1cccc(-c2cc3c(C(=O)NC)n[nH]c3cn2)c1. The number of benzene rings is 1. The van der Waals surface area contributed by atoms with Gasteiger partial charge >= 0.3 is 0 Å². The van der Waals surface area contributed by atoms with E-state index in [1.165, 1.54) is 7.05 Å². The average Bonchev–Trinajstić information content (AvgIpc) is 3.04. The van der Waals surface area contributed by atoms with Gasteiger partial charge in [-0.05, 0) is 18.2 Å². The van der Waals surface area contributed by atoms with E-state index >= 15 is 0 Å². The minimum Gasteiger partial charge on any atom is -0.354 e. The number of aromatic nitrogens is 3. The van der Waals surface area contributed by atoms with Crippen LogP contribution >= 0.6 is 0 Å². The van der Waals surface area contributed by atoms with E-state index in [1.54, 1.807) is 36.5 Å². The highest BCUT2D eigenvalue weighted by Crippen LogP contribution is 2.25. The zero-order valence-electron chi connectivity index (χ0n) is 13.3. The molecule has 2 aromatic heterocycles. The smallest absolute Gasteiger partial charge is 0.283 e. The first kappa shape index (κ1) is 16.3. The van der Waals surface area contributed by atoms with Crippen LogP contribution in [0.15, 0.2) is 48.9 Å². The van der Waals surface area contributed by atoms with Gasteiger partial charge in [0.15, 0.2) is 11.5 Å². The van der Waals surface area contributed by atoms with E-state index in [9.17, 15) is 14.0 Å². The Morgan fingerprint density at radius 1 is 1.28 bits per heavy atom. The molecule has 0 saturated carbocycles. The van der Waals surface area contributed by atoms with E-state index in [2.05, 4.69) is 32.4 Å². The molecule has 2 heterocycles. The van der Waals surface area contributed by atoms with Crippen LogP contribution in [0.5, 0.6) is 0 Å². The summed E-state index contributed by atoms with van der Waals surface area (Å²) in [7, 11) is 1.52. The van der Waals surface area contributed by atoms with E-state index in [1.807, 2.05) is 0 Å². The predicted octanol–water partition coefficient (Wildman–Crippen LogP) is 2.41. The van der Waals surface area contributed by atoms with E-state index in [0.29, 0.717) is 27.8 Å². The molecule has 0 aliphatic carbocycles. The van der Waals surface area contributed by atoms with E-state index < -0.39 is 11.7 Å². The van der Waals surface area contributed by atoms with Crippen LogP contribution in [-0.4, -0.2) is 34.0 Å². The van der Waals surface area contributed by atoms with Crippen LogP contribution < -0.4 is 10.6 Å². The fourth-order valence-corrected chi connectivity index (χ4v) is 2.32. The summed E-state index contributed by atoms with van der Waals surface area (Å²) >= 11 is 0. The number of rotatable bonds is 4. The van der Waals surface area contributed by atoms with Gasteiger partial charge in [-0.1, -0.05) is 18.7 Å². The summed E-state index contributed by atoms with van der Waals surface area (Å²) in [5.74, 6) is -2.29. The summed E-state index contributed by atoms with van der Waals surface area (Å²) in [5.41, 5.74) is 2.56. The predicted molar refractivity (Wildman–Crippen MR) is 91.6 cm³/mol. The van der Waals surface area contributed by atoms with Crippen LogP contribution in [0.1, 0.15) is 10.5 Å². The number of halogens is 1. The van der Waals surface area contributed by atoms with E-state index in [4.69, 9.17) is 0 Å². The van der Waals surface area contributed by atoms with Gasteiger partial charge < -0.3 is 10.6 Å². The zero-order chi connectivity index (χ0) is 18.0. The summed E-state index contributed by atoms with van der Waals surface area (Å²) < 4.78 is 12.8. The number of pyridine rings is 1. The zero-order valence-corrected chi connectivity index (χ0v) is 13.3. The van der Waals surface area contributed by atoms with Crippen molar-refractivity contribution >= 4 is 28.4 Å². The molecule has 1 aromatic carbocycles. The lowest BCUT2D eigenvalue weighted by Gasteiger charge is -2.06. The van der Waals surface area contributed by atoms with E-state index in [0.717, 1.165) is 0 Å². The second-order valence-electron chi connectivity index (χ2n) is 5.21. The van der Waals surface area contributed by atoms with Crippen molar-refractivity contribution in [3.8, 4) is 11.3 Å². The molecule has 7 nitrogen and oxygen atoms in total. The molecule has 8 heteroatoms. The summed E-state index contributed by atoms with van der Waals surface area (Å²) in [6, 6.07) is 8.48. The molecule has 0 aliphatic heterocycles. The third kappa shape index (κ3) is 3.23. The number of nitrogens with one attached hydrogen (secondary N) is 3. The number of hydrogen-bond acceptors (Lipinski definition) is 4.